The highest BCUT2D eigenvalue weighted by Crippen LogP contribution is 2.02. The molecule has 0 aromatic rings. The maximum atomic E-state index is 12.3. The number of aliphatic hydroxyl groups is 1. The molecule has 12 heteroatoms. The van der Waals surface area contributed by atoms with Crippen LogP contribution in [0.3, 0.4) is 0 Å². The Bertz CT molecular complexity index is 492. The number of thiol groups is 1. The van der Waals surface area contributed by atoms with Crippen LogP contribution in [-0.4, -0.2) is 77.5 Å². The van der Waals surface area contributed by atoms with Crippen LogP contribution >= 0.6 is 12.6 Å². The van der Waals surface area contributed by atoms with E-state index in [2.05, 4.69) is 28.6 Å². The van der Waals surface area contributed by atoms with Crippen molar-refractivity contribution in [3.8, 4) is 0 Å². The van der Waals surface area contributed by atoms with E-state index < -0.39 is 48.4 Å². The molecule has 0 fully saturated rings. The Hall–Kier alpha value is -1.89. The number of carboxylic acid groups (broad SMARTS) is 1. The summed E-state index contributed by atoms with van der Waals surface area (Å²) in [6.07, 6.45) is 1.45. The van der Waals surface area contributed by atoms with Crippen LogP contribution < -0.4 is 27.4 Å². The largest absolute Gasteiger partial charge is 0.480 e. The van der Waals surface area contributed by atoms with Gasteiger partial charge in [0.15, 0.2) is 0 Å². The number of hydrogen-bond acceptors (Lipinski definition) is 8. The maximum absolute atomic E-state index is 12.3. The maximum Gasteiger partial charge on any atom is 0.327 e. The van der Waals surface area contributed by atoms with Crippen molar-refractivity contribution in [2.24, 2.45) is 11.5 Å². The highest BCUT2D eigenvalue weighted by atomic mass is 32.1. The third-order valence-corrected chi connectivity index (χ3v) is 3.76. The van der Waals surface area contributed by atoms with E-state index >= 15 is 0 Å². The van der Waals surface area contributed by atoms with Crippen LogP contribution in [0.25, 0.3) is 0 Å². The number of aliphatic hydroxyl groups excluding tert-OH is 1. The van der Waals surface area contributed by atoms with Gasteiger partial charge < -0.3 is 37.6 Å². The van der Waals surface area contributed by atoms with Crippen LogP contribution in [0, 0.1) is 0 Å². The molecule has 0 aromatic carbocycles. The normalized spacial score (nSPS) is 14.0. The Morgan fingerprint density at radius 1 is 0.923 bits per heavy atom. The topological polar surface area (TPSA) is 197 Å². The Kier molecular flexibility index (Phi) is 12.4. The predicted molar refractivity (Wildman–Crippen MR) is 96.3 cm³/mol. The lowest BCUT2D eigenvalue weighted by molar-refractivity contribution is -0.141. The minimum absolute atomic E-state index is 0.165. The van der Waals surface area contributed by atoms with Crippen molar-refractivity contribution in [1.82, 2.24) is 16.0 Å². The molecule has 0 aliphatic heterocycles. The molecule has 150 valence electrons. The summed E-state index contributed by atoms with van der Waals surface area (Å²) in [5, 5.41) is 25.1. The van der Waals surface area contributed by atoms with Crippen LogP contribution in [0.2, 0.25) is 0 Å². The molecule has 11 nitrogen and oxygen atoms in total. The lowest BCUT2D eigenvalue weighted by atomic mass is 10.1. The molecule has 0 radical (unpaired) electrons. The summed E-state index contributed by atoms with van der Waals surface area (Å²) >= 11 is 3.81. The summed E-state index contributed by atoms with van der Waals surface area (Å²) in [6.45, 7) is -0.648. The van der Waals surface area contributed by atoms with Crippen molar-refractivity contribution in [3.63, 3.8) is 0 Å². The SMILES string of the molecule is NCCCCC(NC(=O)CN)C(=O)NC(CO)C(=O)NC(CS)C(=O)O. The molecule has 0 spiro atoms. The van der Waals surface area contributed by atoms with E-state index in [1.54, 1.807) is 0 Å². The number of unbranched alkanes of at least 4 members (excludes halogenated alkanes) is 1. The molecule has 0 aliphatic rings. The number of hydrogen-bond donors (Lipinski definition) is 8. The van der Waals surface area contributed by atoms with Crippen molar-refractivity contribution in [2.75, 3.05) is 25.4 Å². The van der Waals surface area contributed by atoms with Gasteiger partial charge in [-0.05, 0) is 25.8 Å². The monoisotopic (exact) mass is 393 g/mol. The molecule has 3 unspecified atom stereocenters. The lowest BCUT2D eigenvalue weighted by Crippen LogP contribution is -2.57. The molecule has 0 saturated carbocycles. The zero-order valence-corrected chi connectivity index (χ0v) is 15.2. The summed E-state index contributed by atoms with van der Waals surface area (Å²) in [7, 11) is 0. The van der Waals surface area contributed by atoms with Crippen molar-refractivity contribution in [3.05, 3.63) is 0 Å². The number of carbonyl (C=O) groups excluding carboxylic acids is 3. The molecule has 0 saturated heterocycles. The second-order valence-corrected chi connectivity index (χ2v) is 5.80. The molecule has 9 N–H and O–H groups in total. The van der Waals surface area contributed by atoms with Crippen molar-refractivity contribution in [1.29, 1.82) is 0 Å². The van der Waals surface area contributed by atoms with Gasteiger partial charge in [0, 0.05) is 5.75 Å². The van der Waals surface area contributed by atoms with E-state index in [0.29, 0.717) is 19.4 Å². The van der Waals surface area contributed by atoms with Gasteiger partial charge in [0.25, 0.3) is 0 Å². The van der Waals surface area contributed by atoms with E-state index in [1.807, 2.05) is 0 Å². The van der Waals surface area contributed by atoms with Gasteiger partial charge >= 0.3 is 5.97 Å². The second kappa shape index (κ2) is 13.3. The molecule has 0 aromatic heterocycles. The van der Waals surface area contributed by atoms with Gasteiger partial charge in [-0.1, -0.05) is 0 Å². The van der Waals surface area contributed by atoms with Crippen LogP contribution in [0.1, 0.15) is 19.3 Å². The Morgan fingerprint density at radius 2 is 1.50 bits per heavy atom. The predicted octanol–water partition coefficient (Wildman–Crippen LogP) is -3.46. The quantitative estimate of drug-likeness (QED) is 0.117. The molecular formula is C14H27N5O6S. The third kappa shape index (κ3) is 8.99. The number of nitrogens with one attached hydrogen (secondary N) is 3. The number of carboxylic acids is 1. The number of rotatable bonds is 13. The first-order valence-corrected chi connectivity index (χ1v) is 8.68. The second-order valence-electron chi connectivity index (χ2n) is 5.43. The fourth-order valence-electron chi connectivity index (χ4n) is 1.94. The van der Waals surface area contributed by atoms with E-state index in [4.69, 9.17) is 16.6 Å². The standard InChI is InChI=1S/C14H27N5O6S/c15-4-2-1-3-8(17-11(21)5-16)12(22)18-9(6-20)13(23)19-10(7-26)14(24)25/h8-10,20,26H,1-7,15-16H2,(H,17,21)(H,18,22)(H,19,23)(H,24,25). The summed E-state index contributed by atoms with van der Waals surface area (Å²) in [5.41, 5.74) is 10.6. The number of amides is 3. The van der Waals surface area contributed by atoms with Gasteiger partial charge in [0.1, 0.15) is 18.1 Å². The van der Waals surface area contributed by atoms with Crippen LogP contribution in [0.15, 0.2) is 0 Å². The van der Waals surface area contributed by atoms with Crippen LogP contribution in [-0.2, 0) is 19.2 Å². The minimum Gasteiger partial charge on any atom is -0.480 e. The highest BCUT2D eigenvalue weighted by Gasteiger charge is 2.28. The van der Waals surface area contributed by atoms with Gasteiger partial charge in [-0.25, -0.2) is 4.79 Å². The van der Waals surface area contributed by atoms with Crippen molar-refractivity contribution < 1.29 is 29.4 Å². The van der Waals surface area contributed by atoms with Crippen molar-refractivity contribution >= 4 is 36.3 Å². The minimum atomic E-state index is -1.38. The zero-order chi connectivity index (χ0) is 20.1. The highest BCUT2D eigenvalue weighted by molar-refractivity contribution is 7.80. The molecule has 0 heterocycles. The molecule has 3 atom stereocenters. The van der Waals surface area contributed by atoms with Crippen LogP contribution in [0.4, 0.5) is 0 Å². The third-order valence-electron chi connectivity index (χ3n) is 3.40. The summed E-state index contributed by atoms with van der Waals surface area (Å²) in [4.78, 5) is 46.8. The van der Waals surface area contributed by atoms with E-state index in [9.17, 15) is 24.3 Å². The zero-order valence-electron chi connectivity index (χ0n) is 14.3. The first kappa shape index (κ1) is 24.1. The smallest absolute Gasteiger partial charge is 0.327 e. The Balaban J connectivity index is 4.93. The summed E-state index contributed by atoms with van der Waals surface area (Å²) in [5.74, 6) is -3.60. The fourth-order valence-corrected chi connectivity index (χ4v) is 2.19. The molecular weight excluding hydrogens is 366 g/mol. The lowest BCUT2D eigenvalue weighted by Gasteiger charge is -2.23. The number of nitrogens with two attached hydrogens (primary N) is 2. The summed E-state index contributed by atoms with van der Waals surface area (Å²) < 4.78 is 0. The molecule has 0 rings (SSSR count). The van der Waals surface area contributed by atoms with E-state index in [1.165, 1.54) is 0 Å². The van der Waals surface area contributed by atoms with E-state index in [0.717, 1.165) is 0 Å². The average Bonchev–Trinajstić information content (AvgIpc) is 2.62. The van der Waals surface area contributed by atoms with Gasteiger partial charge in [0.05, 0.1) is 13.2 Å². The first-order valence-electron chi connectivity index (χ1n) is 8.05. The van der Waals surface area contributed by atoms with Crippen molar-refractivity contribution in [2.45, 2.75) is 37.4 Å². The number of carbonyl (C=O) groups is 4. The van der Waals surface area contributed by atoms with Gasteiger partial charge in [-0.3, -0.25) is 14.4 Å². The summed E-state index contributed by atoms with van der Waals surface area (Å²) in [6, 6.07) is -3.61. The molecule has 0 bridgehead atoms. The van der Waals surface area contributed by atoms with Crippen LogP contribution in [0.5, 0.6) is 0 Å². The van der Waals surface area contributed by atoms with E-state index in [-0.39, 0.29) is 18.7 Å². The Morgan fingerprint density at radius 3 is 1.96 bits per heavy atom. The average molecular weight is 393 g/mol. The Labute approximate surface area is 156 Å². The van der Waals surface area contributed by atoms with Gasteiger partial charge in [-0.2, -0.15) is 12.6 Å². The van der Waals surface area contributed by atoms with Gasteiger partial charge in [0.2, 0.25) is 17.7 Å². The first-order chi connectivity index (χ1) is 12.3. The molecule has 26 heavy (non-hydrogen) atoms. The molecule has 0 aliphatic carbocycles. The molecule has 3 amide bonds. The van der Waals surface area contributed by atoms with Gasteiger partial charge in [-0.15, -0.1) is 0 Å². The number of aliphatic carboxylic acids is 1. The fraction of sp³-hybridized carbons (Fsp3) is 0.714.